The van der Waals surface area contributed by atoms with Gasteiger partial charge in [0.1, 0.15) is 22.9 Å². The van der Waals surface area contributed by atoms with E-state index in [1.165, 1.54) is 0 Å². The number of nitrogens with zero attached hydrogens (tertiary/aromatic N) is 4. The minimum Gasteiger partial charge on any atom is -0.510 e. The molecule has 2 N–H and O–H groups in total. The topological polar surface area (TPSA) is 158 Å². The molecule has 0 spiro atoms. The summed E-state index contributed by atoms with van der Waals surface area (Å²) >= 11 is 0. The summed E-state index contributed by atoms with van der Waals surface area (Å²) in [7, 11) is 0. The predicted octanol–water partition coefficient (Wildman–Crippen LogP) is 3.63. The normalized spacial score (nSPS) is 32.4. The van der Waals surface area contributed by atoms with E-state index in [4.69, 9.17) is 0 Å². The number of carbonyl (C=O) groups excluding carboxylic acids is 2. The van der Waals surface area contributed by atoms with E-state index in [9.17, 15) is 29.6 Å². The third-order valence-corrected chi connectivity index (χ3v) is 6.67. The van der Waals surface area contributed by atoms with Crippen molar-refractivity contribution < 1.29 is 19.8 Å². The van der Waals surface area contributed by atoms with E-state index in [0.717, 1.165) is 25.7 Å². The average molecular weight is 414 g/mol. The lowest BCUT2D eigenvalue weighted by Crippen LogP contribution is -2.22. The second kappa shape index (κ2) is 8.00. The molecule has 0 radical (unpaired) electrons. The first-order chi connectivity index (χ1) is 14.5. The Morgan fingerprint density at radius 3 is 1.27 bits per heavy atom. The summed E-state index contributed by atoms with van der Waals surface area (Å²) in [5.41, 5.74) is -0.634. The average Bonchev–Trinajstić information content (AvgIpc) is 3.16. The summed E-state index contributed by atoms with van der Waals surface area (Å²) in [5.74, 6) is -4.38. The first kappa shape index (κ1) is 20.2. The quantitative estimate of drug-likeness (QED) is 0.399. The molecule has 4 unspecified atom stereocenters. The standard InChI is InChI=1S/C20H22N4O6/c25-15-9-5-1-2-6-10(9)16(26)13(15)21-19(23-29)20(24-30)22-14-17(27)11-7-3-4-8-12(11)18(14)28/h9-12,25,27H,1-8H2. The molecular weight excluding hydrogens is 392 g/mol. The molecule has 158 valence electrons. The van der Waals surface area contributed by atoms with Gasteiger partial charge in [-0.05, 0) is 36.0 Å². The third kappa shape index (κ3) is 3.20. The Bertz CT molecular complexity index is 871. The SMILES string of the molecule is O=NC(=NC1=C(O)C2CCCCC2C1=O)C(N=O)=NC1=C(O)C2CCCCC2C1=O. The van der Waals surface area contributed by atoms with Gasteiger partial charge in [-0.25, -0.2) is 9.98 Å². The van der Waals surface area contributed by atoms with Crippen LogP contribution in [0.15, 0.2) is 43.3 Å². The largest absolute Gasteiger partial charge is 0.510 e. The van der Waals surface area contributed by atoms with Crippen molar-refractivity contribution in [2.24, 2.45) is 44.0 Å². The van der Waals surface area contributed by atoms with Gasteiger partial charge in [0.05, 0.1) is 0 Å². The van der Waals surface area contributed by atoms with Crippen LogP contribution in [-0.2, 0) is 9.59 Å². The van der Waals surface area contributed by atoms with E-state index in [1.807, 2.05) is 0 Å². The molecule has 4 rings (SSSR count). The molecule has 0 aromatic carbocycles. The van der Waals surface area contributed by atoms with Crippen molar-refractivity contribution in [3.8, 4) is 0 Å². The van der Waals surface area contributed by atoms with Crippen LogP contribution in [-0.4, -0.2) is 33.5 Å². The number of nitroso groups, excluding NO2 is 2. The highest BCUT2D eigenvalue weighted by molar-refractivity contribution is 6.42. The second-order valence-corrected chi connectivity index (χ2v) is 8.24. The Balaban J connectivity index is 1.69. The van der Waals surface area contributed by atoms with Gasteiger partial charge in [-0.3, -0.25) is 9.59 Å². The Morgan fingerprint density at radius 2 is 0.967 bits per heavy atom. The fourth-order valence-electron chi connectivity index (χ4n) is 5.16. The van der Waals surface area contributed by atoms with Crippen LogP contribution in [0.4, 0.5) is 0 Å². The smallest absolute Gasteiger partial charge is 0.246 e. The molecule has 4 atom stereocenters. The van der Waals surface area contributed by atoms with Gasteiger partial charge in [0.25, 0.3) is 0 Å². The van der Waals surface area contributed by atoms with Crippen LogP contribution in [0.25, 0.3) is 0 Å². The van der Waals surface area contributed by atoms with Crippen LogP contribution < -0.4 is 0 Å². The summed E-state index contributed by atoms with van der Waals surface area (Å²) in [5, 5.41) is 26.1. The number of aliphatic hydroxyl groups is 2. The van der Waals surface area contributed by atoms with Gasteiger partial charge < -0.3 is 10.2 Å². The Labute approximate surface area is 171 Å². The molecule has 0 aliphatic heterocycles. The van der Waals surface area contributed by atoms with E-state index >= 15 is 0 Å². The number of amidine groups is 2. The molecule has 30 heavy (non-hydrogen) atoms. The van der Waals surface area contributed by atoms with Crippen LogP contribution in [0.5, 0.6) is 0 Å². The lowest BCUT2D eigenvalue weighted by Gasteiger charge is -2.23. The fourth-order valence-corrected chi connectivity index (χ4v) is 5.16. The lowest BCUT2D eigenvalue weighted by atomic mass is 9.80. The van der Waals surface area contributed by atoms with E-state index in [2.05, 4.69) is 20.3 Å². The number of hydrogen-bond acceptors (Lipinski definition) is 8. The maximum absolute atomic E-state index is 12.6. The number of Topliss-reactive ketones (excluding diaryl/α,β-unsaturated/α-hetero) is 2. The fraction of sp³-hybridized carbons (Fsp3) is 0.600. The number of aliphatic hydroxyl groups excluding tert-OH is 2. The summed E-state index contributed by atoms with van der Waals surface area (Å²) in [6.07, 6.45) is 5.95. The van der Waals surface area contributed by atoms with Gasteiger partial charge in [0.2, 0.25) is 11.7 Å². The highest BCUT2D eigenvalue weighted by atomic mass is 16.3. The first-order valence-corrected chi connectivity index (χ1v) is 10.3. The zero-order valence-corrected chi connectivity index (χ0v) is 16.3. The Kier molecular flexibility index (Phi) is 5.40. The molecule has 10 heteroatoms. The molecule has 4 aliphatic rings. The maximum atomic E-state index is 12.6. The minimum absolute atomic E-state index is 0.221. The molecular formula is C20H22N4O6. The first-order valence-electron chi connectivity index (χ1n) is 10.3. The Hall–Kier alpha value is -3.04. The van der Waals surface area contributed by atoms with Crippen LogP contribution in [0, 0.1) is 33.5 Å². The third-order valence-electron chi connectivity index (χ3n) is 6.67. The molecule has 0 heterocycles. The van der Waals surface area contributed by atoms with E-state index in [1.54, 1.807) is 0 Å². The predicted molar refractivity (Wildman–Crippen MR) is 107 cm³/mol. The van der Waals surface area contributed by atoms with Gasteiger partial charge in [0.15, 0.2) is 11.6 Å². The number of carbonyl (C=O) groups is 2. The number of rotatable bonds is 2. The molecule has 4 aliphatic carbocycles. The number of aliphatic imine (C=N–C) groups is 2. The van der Waals surface area contributed by atoms with Gasteiger partial charge in [-0.1, -0.05) is 25.7 Å². The van der Waals surface area contributed by atoms with Gasteiger partial charge in [-0.2, -0.15) is 0 Å². The molecule has 0 bridgehead atoms. The second-order valence-electron chi connectivity index (χ2n) is 8.24. The van der Waals surface area contributed by atoms with Crippen LogP contribution >= 0.6 is 0 Å². The molecule has 0 saturated heterocycles. The van der Waals surface area contributed by atoms with Crippen molar-refractivity contribution in [1.82, 2.24) is 0 Å². The van der Waals surface area contributed by atoms with Crippen molar-refractivity contribution in [2.75, 3.05) is 0 Å². The lowest BCUT2D eigenvalue weighted by molar-refractivity contribution is -0.120. The highest BCUT2D eigenvalue weighted by Gasteiger charge is 2.45. The summed E-state index contributed by atoms with van der Waals surface area (Å²) < 4.78 is 0. The number of ketones is 2. The van der Waals surface area contributed by atoms with E-state index in [-0.39, 0.29) is 34.7 Å². The Morgan fingerprint density at radius 1 is 0.633 bits per heavy atom. The monoisotopic (exact) mass is 414 g/mol. The zero-order chi connectivity index (χ0) is 21.4. The highest BCUT2D eigenvalue weighted by Crippen LogP contribution is 2.44. The van der Waals surface area contributed by atoms with Crippen molar-refractivity contribution in [2.45, 2.75) is 51.4 Å². The molecule has 0 amide bonds. The number of allylic oxidation sites excluding steroid dienone is 4. The van der Waals surface area contributed by atoms with Gasteiger partial charge in [0, 0.05) is 23.7 Å². The van der Waals surface area contributed by atoms with Crippen LogP contribution in [0.2, 0.25) is 0 Å². The van der Waals surface area contributed by atoms with Crippen molar-refractivity contribution in [3.63, 3.8) is 0 Å². The summed E-state index contributed by atoms with van der Waals surface area (Å²) in [6.45, 7) is 0. The summed E-state index contributed by atoms with van der Waals surface area (Å²) in [4.78, 5) is 55.6. The molecule has 0 aromatic heterocycles. The van der Waals surface area contributed by atoms with Gasteiger partial charge >= 0.3 is 0 Å². The number of fused-ring (bicyclic) bond motifs is 2. The van der Waals surface area contributed by atoms with Crippen LogP contribution in [0.1, 0.15) is 51.4 Å². The molecule has 2 fully saturated rings. The zero-order valence-electron chi connectivity index (χ0n) is 16.3. The van der Waals surface area contributed by atoms with E-state index < -0.39 is 35.1 Å². The van der Waals surface area contributed by atoms with Crippen molar-refractivity contribution in [1.29, 1.82) is 0 Å². The molecule has 10 nitrogen and oxygen atoms in total. The molecule has 2 saturated carbocycles. The van der Waals surface area contributed by atoms with Crippen molar-refractivity contribution >= 4 is 23.2 Å². The van der Waals surface area contributed by atoms with E-state index in [0.29, 0.717) is 25.7 Å². The van der Waals surface area contributed by atoms with Gasteiger partial charge in [-0.15, -0.1) is 9.81 Å². The molecule has 0 aromatic rings. The van der Waals surface area contributed by atoms with Crippen molar-refractivity contribution in [3.05, 3.63) is 32.7 Å². The summed E-state index contributed by atoms with van der Waals surface area (Å²) in [6, 6.07) is 0. The minimum atomic E-state index is -0.804. The number of hydrogen-bond donors (Lipinski definition) is 2. The maximum Gasteiger partial charge on any atom is 0.246 e. The van der Waals surface area contributed by atoms with Crippen LogP contribution in [0.3, 0.4) is 0 Å².